The van der Waals surface area contributed by atoms with E-state index in [-0.39, 0.29) is 5.91 Å². The van der Waals surface area contributed by atoms with Crippen LogP contribution in [-0.4, -0.2) is 49.5 Å². The molecule has 0 aromatic heterocycles. The zero-order valence-electron chi connectivity index (χ0n) is 15.9. The molecule has 1 atom stereocenters. The highest BCUT2D eigenvalue weighted by molar-refractivity contribution is 5.83. The van der Waals surface area contributed by atoms with Crippen LogP contribution in [0.1, 0.15) is 54.4 Å². The number of hydrogen-bond donors (Lipinski definition) is 2. The van der Waals surface area contributed by atoms with E-state index in [2.05, 4.69) is 36.3 Å². The molecule has 1 aliphatic rings. The lowest BCUT2D eigenvalue weighted by atomic mass is 9.92. The number of aliphatic imine (C=N–C) groups is 1. The van der Waals surface area contributed by atoms with Crippen LogP contribution in [0.3, 0.4) is 0 Å². The van der Waals surface area contributed by atoms with E-state index in [9.17, 15) is 4.79 Å². The van der Waals surface area contributed by atoms with Gasteiger partial charge in [-0.2, -0.15) is 0 Å². The maximum atomic E-state index is 12.1. The first-order valence-corrected chi connectivity index (χ1v) is 9.11. The molecule has 1 amide bonds. The van der Waals surface area contributed by atoms with Gasteiger partial charge in [0.15, 0.2) is 5.96 Å². The Morgan fingerprint density at radius 3 is 2.48 bits per heavy atom. The summed E-state index contributed by atoms with van der Waals surface area (Å²) < 4.78 is 0. The predicted octanol–water partition coefficient (Wildman–Crippen LogP) is 2.48. The van der Waals surface area contributed by atoms with E-state index in [1.807, 2.05) is 20.8 Å². The van der Waals surface area contributed by atoms with Crippen LogP contribution in [0.25, 0.3) is 0 Å². The van der Waals surface area contributed by atoms with Gasteiger partial charge < -0.3 is 15.5 Å². The minimum Gasteiger partial charge on any atom is -0.357 e. The van der Waals surface area contributed by atoms with E-state index in [0.29, 0.717) is 13.1 Å². The van der Waals surface area contributed by atoms with Crippen LogP contribution >= 0.6 is 0 Å². The van der Waals surface area contributed by atoms with Gasteiger partial charge >= 0.3 is 0 Å². The number of nitrogens with zero attached hydrogens (tertiary/aromatic N) is 2. The Balaban J connectivity index is 2.69. The SMILES string of the molecule is CCNC(=O)C(C)(C)CN=C(NCC)N1CCC(CC(C)C)C1. The topological polar surface area (TPSA) is 56.7 Å². The highest BCUT2D eigenvalue weighted by Crippen LogP contribution is 2.23. The van der Waals surface area contributed by atoms with E-state index >= 15 is 0 Å². The number of carbonyl (C=O) groups excluding carboxylic acids is 1. The molecule has 1 rings (SSSR count). The van der Waals surface area contributed by atoms with E-state index in [1.54, 1.807) is 0 Å². The van der Waals surface area contributed by atoms with Gasteiger partial charge in [-0.15, -0.1) is 0 Å². The first kappa shape index (κ1) is 19.8. The summed E-state index contributed by atoms with van der Waals surface area (Å²) in [7, 11) is 0. The van der Waals surface area contributed by atoms with Crippen LogP contribution in [0.5, 0.6) is 0 Å². The molecule has 5 heteroatoms. The molecule has 1 heterocycles. The lowest BCUT2D eigenvalue weighted by molar-refractivity contribution is -0.128. The third-order valence-corrected chi connectivity index (χ3v) is 4.30. The van der Waals surface area contributed by atoms with Crippen molar-refractivity contribution in [3.63, 3.8) is 0 Å². The second-order valence-corrected chi connectivity index (χ2v) is 7.64. The Hall–Kier alpha value is -1.26. The Kier molecular flexibility index (Phi) is 7.86. The first-order valence-electron chi connectivity index (χ1n) is 9.11. The van der Waals surface area contributed by atoms with Crippen LogP contribution in [0.2, 0.25) is 0 Å². The normalized spacial score (nSPS) is 19.3. The lowest BCUT2D eigenvalue weighted by Crippen LogP contribution is -2.43. The third kappa shape index (κ3) is 6.40. The number of likely N-dealkylation sites (tertiary alicyclic amines) is 1. The van der Waals surface area contributed by atoms with Crippen LogP contribution in [-0.2, 0) is 4.79 Å². The number of carbonyl (C=O) groups is 1. The fraction of sp³-hybridized carbons (Fsp3) is 0.889. The van der Waals surface area contributed by atoms with Gasteiger partial charge in [0, 0.05) is 26.2 Å². The summed E-state index contributed by atoms with van der Waals surface area (Å²) in [5.41, 5.74) is -0.478. The largest absolute Gasteiger partial charge is 0.357 e. The summed E-state index contributed by atoms with van der Waals surface area (Å²) in [5, 5.41) is 6.28. The van der Waals surface area contributed by atoms with Crippen LogP contribution < -0.4 is 10.6 Å². The Bertz CT molecular complexity index is 404. The highest BCUT2D eigenvalue weighted by atomic mass is 16.2. The summed E-state index contributed by atoms with van der Waals surface area (Å²) in [6.45, 7) is 16.7. The molecule has 0 bridgehead atoms. The van der Waals surface area contributed by atoms with Gasteiger partial charge in [-0.05, 0) is 52.4 Å². The Morgan fingerprint density at radius 1 is 1.26 bits per heavy atom. The van der Waals surface area contributed by atoms with Crippen molar-refractivity contribution in [1.82, 2.24) is 15.5 Å². The first-order chi connectivity index (χ1) is 10.8. The predicted molar refractivity (Wildman–Crippen MR) is 97.6 cm³/mol. The smallest absolute Gasteiger partial charge is 0.227 e. The number of guanidine groups is 1. The second-order valence-electron chi connectivity index (χ2n) is 7.64. The van der Waals surface area contributed by atoms with Crippen LogP contribution in [0, 0.1) is 17.3 Å². The average Bonchev–Trinajstić information content (AvgIpc) is 2.91. The van der Waals surface area contributed by atoms with Gasteiger partial charge in [0.25, 0.3) is 0 Å². The van der Waals surface area contributed by atoms with Gasteiger partial charge in [0.05, 0.1) is 12.0 Å². The fourth-order valence-corrected chi connectivity index (χ4v) is 3.05. The van der Waals surface area contributed by atoms with Gasteiger partial charge in [-0.1, -0.05) is 13.8 Å². The van der Waals surface area contributed by atoms with E-state index in [4.69, 9.17) is 4.99 Å². The number of hydrogen-bond acceptors (Lipinski definition) is 2. The van der Waals surface area contributed by atoms with E-state index < -0.39 is 5.41 Å². The van der Waals surface area contributed by atoms with Gasteiger partial charge in [0.2, 0.25) is 5.91 Å². The Labute approximate surface area is 142 Å². The molecule has 1 fully saturated rings. The summed E-state index contributed by atoms with van der Waals surface area (Å²) >= 11 is 0. The molecule has 1 unspecified atom stereocenters. The molecule has 0 saturated carbocycles. The maximum Gasteiger partial charge on any atom is 0.227 e. The van der Waals surface area contributed by atoms with Crippen molar-refractivity contribution < 1.29 is 4.79 Å². The van der Waals surface area contributed by atoms with E-state index in [1.165, 1.54) is 12.8 Å². The van der Waals surface area contributed by atoms with Crippen LogP contribution in [0.4, 0.5) is 0 Å². The highest BCUT2D eigenvalue weighted by Gasteiger charge is 2.29. The van der Waals surface area contributed by atoms with Crippen molar-refractivity contribution in [3.05, 3.63) is 0 Å². The summed E-state index contributed by atoms with van der Waals surface area (Å²) in [6, 6.07) is 0. The van der Waals surface area contributed by atoms with Crippen LogP contribution in [0.15, 0.2) is 4.99 Å². The van der Waals surface area contributed by atoms with Crippen molar-refractivity contribution >= 4 is 11.9 Å². The molecule has 134 valence electrons. The molecule has 2 N–H and O–H groups in total. The van der Waals surface area contributed by atoms with Gasteiger partial charge in [-0.25, -0.2) is 0 Å². The number of rotatable bonds is 7. The minimum absolute atomic E-state index is 0.0682. The zero-order chi connectivity index (χ0) is 17.5. The standard InChI is InChI=1S/C18H36N4O/c1-7-19-16(23)18(5,6)13-21-17(20-8-2)22-10-9-15(12-22)11-14(3)4/h14-15H,7-13H2,1-6H3,(H,19,23)(H,20,21). The molecule has 1 aliphatic heterocycles. The summed E-state index contributed by atoms with van der Waals surface area (Å²) in [4.78, 5) is 19.2. The van der Waals surface area contributed by atoms with Gasteiger partial charge in [-0.3, -0.25) is 9.79 Å². The van der Waals surface area contributed by atoms with Gasteiger partial charge in [0.1, 0.15) is 0 Å². The second kappa shape index (κ2) is 9.14. The van der Waals surface area contributed by atoms with Crippen molar-refractivity contribution in [2.24, 2.45) is 22.2 Å². The summed E-state index contributed by atoms with van der Waals surface area (Å²) in [6.07, 6.45) is 2.52. The minimum atomic E-state index is -0.478. The summed E-state index contributed by atoms with van der Waals surface area (Å²) in [5.74, 6) is 2.53. The molecule has 1 saturated heterocycles. The van der Waals surface area contributed by atoms with Crippen molar-refractivity contribution in [1.29, 1.82) is 0 Å². The molecule has 0 spiro atoms. The average molecular weight is 325 g/mol. The number of nitrogens with one attached hydrogen (secondary N) is 2. The third-order valence-electron chi connectivity index (χ3n) is 4.30. The monoisotopic (exact) mass is 324 g/mol. The van der Waals surface area contributed by atoms with Crippen molar-refractivity contribution in [2.75, 3.05) is 32.7 Å². The molecule has 5 nitrogen and oxygen atoms in total. The molecular formula is C18H36N4O. The lowest BCUT2D eigenvalue weighted by Gasteiger charge is -2.25. The zero-order valence-corrected chi connectivity index (χ0v) is 15.9. The Morgan fingerprint density at radius 2 is 1.91 bits per heavy atom. The molecule has 0 aliphatic carbocycles. The molecule has 23 heavy (non-hydrogen) atoms. The maximum absolute atomic E-state index is 12.1. The fourth-order valence-electron chi connectivity index (χ4n) is 3.05. The molecule has 0 radical (unpaired) electrons. The van der Waals surface area contributed by atoms with Crippen molar-refractivity contribution in [2.45, 2.75) is 54.4 Å². The number of amides is 1. The molecule has 0 aromatic carbocycles. The molecule has 0 aromatic rings. The van der Waals surface area contributed by atoms with Crippen molar-refractivity contribution in [3.8, 4) is 0 Å². The molecular weight excluding hydrogens is 288 g/mol. The van der Waals surface area contributed by atoms with E-state index in [0.717, 1.165) is 37.4 Å². The quantitative estimate of drug-likeness (QED) is 0.559.